The zero-order valence-electron chi connectivity index (χ0n) is 18.3. The molecule has 0 radical (unpaired) electrons. The Kier molecular flexibility index (Phi) is 7.01. The number of benzene rings is 2. The first-order valence-corrected chi connectivity index (χ1v) is 9.99. The summed E-state index contributed by atoms with van der Waals surface area (Å²) in [7, 11) is 4.96. The minimum absolute atomic E-state index is 0.0395. The van der Waals surface area contributed by atoms with Gasteiger partial charge in [0.2, 0.25) is 5.91 Å². The van der Waals surface area contributed by atoms with Crippen LogP contribution in [0.2, 0.25) is 0 Å². The van der Waals surface area contributed by atoms with E-state index < -0.39 is 29.9 Å². The first-order chi connectivity index (χ1) is 15.7. The SMILES string of the molecule is COC(=O)CC[C@H]1NC(=O)c2cc(Oc3cccc(N(C)C)c3)c(NC(=O)O)cc2NC1=O. The second-order valence-electron chi connectivity index (χ2n) is 7.45. The number of methoxy groups -OCH3 is 1. The molecule has 174 valence electrons. The standard InChI is InChI=1S/C22H24N4O7/c1-26(2)12-5-4-6-13(9-12)33-18-10-14-16(11-17(18)25-22(30)31)24-21(29)15(23-20(14)28)7-8-19(27)32-3/h4-6,9-11,15,25H,7-8H2,1-3H3,(H,23,28)(H,24,29)(H,30,31)/t15-/m1/s1. The number of carbonyl (C=O) groups is 4. The molecule has 0 fully saturated rings. The first-order valence-electron chi connectivity index (χ1n) is 9.99. The maximum absolute atomic E-state index is 12.8. The molecule has 0 bridgehead atoms. The predicted octanol–water partition coefficient (Wildman–Crippen LogP) is 2.64. The minimum atomic E-state index is -1.35. The molecule has 33 heavy (non-hydrogen) atoms. The van der Waals surface area contributed by atoms with Crippen LogP contribution in [0.1, 0.15) is 23.2 Å². The number of rotatable bonds is 7. The summed E-state index contributed by atoms with van der Waals surface area (Å²) in [4.78, 5) is 50.1. The molecule has 1 atom stereocenters. The zero-order chi connectivity index (χ0) is 24.1. The van der Waals surface area contributed by atoms with Gasteiger partial charge < -0.3 is 30.1 Å². The summed E-state index contributed by atoms with van der Waals surface area (Å²) in [6.45, 7) is 0. The lowest BCUT2D eigenvalue weighted by Gasteiger charge is -2.17. The van der Waals surface area contributed by atoms with Crippen LogP contribution in [0, 0.1) is 0 Å². The molecule has 1 heterocycles. The number of esters is 1. The van der Waals surface area contributed by atoms with Crippen molar-refractivity contribution in [2.45, 2.75) is 18.9 Å². The van der Waals surface area contributed by atoms with Crippen LogP contribution in [0.3, 0.4) is 0 Å². The molecular formula is C22H24N4O7. The van der Waals surface area contributed by atoms with E-state index in [9.17, 15) is 24.3 Å². The van der Waals surface area contributed by atoms with E-state index in [0.29, 0.717) is 5.75 Å². The molecule has 2 aromatic carbocycles. The Morgan fingerprint density at radius 3 is 2.61 bits per heavy atom. The van der Waals surface area contributed by atoms with Gasteiger partial charge in [0.15, 0.2) is 5.75 Å². The van der Waals surface area contributed by atoms with Crippen molar-refractivity contribution in [2.24, 2.45) is 0 Å². The van der Waals surface area contributed by atoms with Crippen LogP contribution >= 0.6 is 0 Å². The molecule has 3 rings (SSSR count). The number of nitrogens with zero attached hydrogens (tertiary/aromatic N) is 1. The van der Waals surface area contributed by atoms with Gasteiger partial charge in [-0.2, -0.15) is 0 Å². The van der Waals surface area contributed by atoms with Gasteiger partial charge in [0, 0.05) is 32.3 Å². The van der Waals surface area contributed by atoms with Gasteiger partial charge in [-0.15, -0.1) is 0 Å². The number of fused-ring (bicyclic) bond motifs is 1. The third kappa shape index (κ3) is 5.70. The summed E-state index contributed by atoms with van der Waals surface area (Å²) in [6.07, 6.45) is -1.37. The third-order valence-corrected chi connectivity index (χ3v) is 4.91. The van der Waals surface area contributed by atoms with E-state index in [4.69, 9.17) is 4.74 Å². The normalized spacial score (nSPS) is 14.8. The quantitative estimate of drug-likeness (QED) is 0.465. The van der Waals surface area contributed by atoms with Crippen molar-refractivity contribution < 1.29 is 33.8 Å². The summed E-state index contributed by atoms with van der Waals surface area (Å²) in [6, 6.07) is 8.78. The van der Waals surface area contributed by atoms with Crippen molar-refractivity contribution in [3.8, 4) is 11.5 Å². The average Bonchev–Trinajstić information content (AvgIpc) is 2.87. The summed E-state index contributed by atoms with van der Waals surface area (Å²) < 4.78 is 10.5. The molecule has 0 spiro atoms. The molecule has 3 amide bonds. The highest BCUT2D eigenvalue weighted by Crippen LogP contribution is 2.36. The molecule has 0 unspecified atom stereocenters. The Hall–Kier alpha value is -4.28. The van der Waals surface area contributed by atoms with Crippen LogP contribution in [-0.2, 0) is 14.3 Å². The Morgan fingerprint density at radius 2 is 1.94 bits per heavy atom. The van der Waals surface area contributed by atoms with E-state index in [1.807, 2.05) is 25.1 Å². The Bertz CT molecular complexity index is 1100. The van der Waals surface area contributed by atoms with Crippen LogP contribution < -0.4 is 25.6 Å². The smallest absolute Gasteiger partial charge is 0.409 e. The molecule has 11 nitrogen and oxygen atoms in total. The van der Waals surface area contributed by atoms with Gasteiger partial charge in [0.1, 0.15) is 11.8 Å². The Labute approximate surface area is 189 Å². The topological polar surface area (TPSA) is 146 Å². The molecule has 11 heteroatoms. The van der Waals surface area contributed by atoms with Gasteiger partial charge in [-0.05, 0) is 30.7 Å². The molecule has 0 saturated heterocycles. The van der Waals surface area contributed by atoms with Crippen molar-refractivity contribution in [1.82, 2.24) is 5.32 Å². The lowest BCUT2D eigenvalue weighted by Crippen LogP contribution is -2.41. The maximum atomic E-state index is 12.8. The van der Waals surface area contributed by atoms with Gasteiger partial charge in [0.05, 0.1) is 24.0 Å². The number of nitrogens with one attached hydrogen (secondary N) is 3. The van der Waals surface area contributed by atoms with Crippen molar-refractivity contribution in [1.29, 1.82) is 0 Å². The zero-order valence-corrected chi connectivity index (χ0v) is 18.3. The van der Waals surface area contributed by atoms with E-state index in [-0.39, 0.29) is 35.5 Å². The van der Waals surface area contributed by atoms with Gasteiger partial charge in [0.25, 0.3) is 5.91 Å². The molecule has 4 N–H and O–H groups in total. The van der Waals surface area contributed by atoms with Crippen molar-refractivity contribution in [3.63, 3.8) is 0 Å². The van der Waals surface area contributed by atoms with Crippen LogP contribution in [0.4, 0.5) is 21.9 Å². The fraction of sp³-hybridized carbons (Fsp3) is 0.273. The Balaban J connectivity index is 1.95. The first kappa shape index (κ1) is 23.4. The fourth-order valence-corrected chi connectivity index (χ4v) is 3.21. The largest absolute Gasteiger partial charge is 0.469 e. The Morgan fingerprint density at radius 1 is 1.18 bits per heavy atom. The van der Waals surface area contributed by atoms with Crippen molar-refractivity contribution in [3.05, 3.63) is 42.0 Å². The summed E-state index contributed by atoms with van der Waals surface area (Å²) in [5, 5.41) is 16.7. The highest BCUT2D eigenvalue weighted by Gasteiger charge is 2.30. The van der Waals surface area contributed by atoms with Crippen LogP contribution in [0.25, 0.3) is 0 Å². The highest BCUT2D eigenvalue weighted by molar-refractivity contribution is 6.11. The summed E-state index contributed by atoms with van der Waals surface area (Å²) in [5.74, 6) is -1.14. The summed E-state index contributed by atoms with van der Waals surface area (Å²) >= 11 is 0. The van der Waals surface area contributed by atoms with Gasteiger partial charge in [-0.25, -0.2) is 4.79 Å². The van der Waals surface area contributed by atoms with E-state index in [2.05, 4.69) is 20.7 Å². The molecular weight excluding hydrogens is 432 g/mol. The molecule has 1 aliphatic heterocycles. The number of hydrogen-bond acceptors (Lipinski definition) is 7. The molecule has 0 saturated carbocycles. The van der Waals surface area contributed by atoms with E-state index in [0.717, 1.165) is 5.69 Å². The minimum Gasteiger partial charge on any atom is -0.469 e. The van der Waals surface area contributed by atoms with Crippen molar-refractivity contribution >= 4 is 40.9 Å². The number of anilines is 3. The monoisotopic (exact) mass is 456 g/mol. The molecule has 2 aromatic rings. The molecule has 1 aliphatic rings. The van der Waals surface area contributed by atoms with Gasteiger partial charge in [-0.1, -0.05) is 6.07 Å². The predicted molar refractivity (Wildman–Crippen MR) is 120 cm³/mol. The highest BCUT2D eigenvalue weighted by atomic mass is 16.5. The molecule has 0 aliphatic carbocycles. The molecule has 0 aromatic heterocycles. The fourth-order valence-electron chi connectivity index (χ4n) is 3.21. The second kappa shape index (κ2) is 9.90. The van der Waals surface area contributed by atoms with Crippen LogP contribution in [0.15, 0.2) is 36.4 Å². The number of ether oxygens (including phenoxy) is 2. The summed E-state index contributed by atoms with van der Waals surface area (Å²) in [5.41, 5.74) is 1.08. The maximum Gasteiger partial charge on any atom is 0.409 e. The van der Waals surface area contributed by atoms with E-state index in [1.165, 1.54) is 19.2 Å². The van der Waals surface area contributed by atoms with Crippen molar-refractivity contribution in [2.75, 3.05) is 36.7 Å². The van der Waals surface area contributed by atoms with Crippen LogP contribution in [-0.4, -0.2) is 56.2 Å². The second-order valence-corrected chi connectivity index (χ2v) is 7.45. The van der Waals surface area contributed by atoms with Gasteiger partial charge in [-0.3, -0.25) is 19.7 Å². The number of amides is 3. The lowest BCUT2D eigenvalue weighted by atomic mass is 10.1. The van der Waals surface area contributed by atoms with Gasteiger partial charge >= 0.3 is 12.1 Å². The third-order valence-electron chi connectivity index (χ3n) is 4.91. The van der Waals surface area contributed by atoms with E-state index >= 15 is 0 Å². The average molecular weight is 456 g/mol. The number of carbonyl (C=O) groups excluding carboxylic acids is 3. The number of hydrogen-bond donors (Lipinski definition) is 4. The lowest BCUT2D eigenvalue weighted by molar-refractivity contribution is -0.140. The number of carboxylic acid groups (broad SMARTS) is 1. The van der Waals surface area contributed by atoms with E-state index in [1.54, 1.807) is 18.2 Å². The van der Waals surface area contributed by atoms with Crippen LogP contribution in [0.5, 0.6) is 11.5 Å².